The van der Waals surface area contributed by atoms with Crippen LogP contribution in [0.1, 0.15) is 0 Å². The Morgan fingerprint density at radius 1 is 1.18 bits per heavy atom. The molecule has 0 aliphatic carbocycles. The molecule has 0 aliphatic rings. The molecule has 0 aromatic heterocycles. The van der Waals surface area contributed by atoms with Crippen molar-refractivity contribution in [2.24, 2.45) is 4.99 Å². The Kier molecular flexibility index (Phi) is 3.28. The van der Waals surface area contributed by atoms with Gasteiger partial charge in [-0.05, 0) is 11.5 Å². The first-order valence-corrected chi connectivity index (χ1v) is 5.02. The van der Waals surface area contributed by atoms with Crippen LogP contribution < -0.4 is 4.74 Å². The van der Waals surface area contributed by atoms with E-state index in [1.807, 2.05) is 36.4 Å². The van der Waals surface area contributed by atoms with Gasteiger partial charge in [-0.15, -0.1) is 4.99 Å². The predicted octanol–water partition coefficient (Wildman–Crippen LogP) is 2.08. The molecule has 0 heterocycles. The lowest BCUT2D eigenvalue weighted by Gasteiger charge is -2.06. The van der Waals surface area contributed by atoms with Gasteiger partial charge in [0.25, 0.3) is 5.91 Å². The van der Waals surface area contributed by atoms with E-state index in [9.17, 15) is 9.59 Å². The Morgan fingerprint density at radius 3 is 2.76 bits per heavy atom. The highest BCUT2D eigenvalue weighted by atomic mass is 16.5. The molecule has 0 bridgehead atoms. The van der Waals surface area contributed by atoms with Crippen LogP contribution in [0.3, 0.4) is 0 Å². The zero-order valence-corrected chi connectivity index (χ0v) is 8.92. The zero-order valence-electron chi connectivity index (χ0n) is 8.92. The first-order chi connectivity index (χ1) is 8.31. The lowest BCUT2D eigenvalue weighted by molar-refractivity contribution is -0.119. The fourth-order valence-electron chi connectivity index (χ4n) is 1.54. The number of amides is 1. The highest BCUT2D eigenvalue weighted by Gasteiger charge is 2.04. The van der Waals surface area contributed by atoms with Crippen molar-refractivity contribution in [2.45, 2.75) is 0 Å². The van der Waals surface area contributed by atoms with Crippen LogP contribution in [0.25, 0.3) is 10.8 Å². The van der Waals surface area contributed by atoms with Gasteiger partial charge in [0.05, 0.1) is 0 Å². The molecule has 2 aromatic rings. The van der Waals surface area contributed by atoms with Gasteiger partial charge < -0.3 is 4.74 Å². The van der Waals surface area contributed by atoms with E-state index >= 15 is 0 Å². The molecule has 0 aliphatic heterocycles. The molecule has 0 radical (unpaired) electrons. The summed E-state index contributed by atoms with van der Waals surface area (Å²) in [5, 5.41) is 1.94. The molecule has 0 saturated carbocycles. The minimum atomic E-state index is -0.645. The summed E-state index contributed by atoms with van der Waals surface area (Å²) < 4.78 is 5.31. The number of fused-ring (bicyclic) bond motifs is 1. The van der Waals surface area contributed by atoms with Crippen molar-refractivity contribution in [3.8, 4) is 5.75 Å². The first kappa shape index (κ1) is 11.0. The number of aliphatic imine (C=N–C) groups is 1. The van der Waals surface area contributed by atoms with Gasteiger partial charge >= 0.3 is 0 Å². The predicted molar refractivity (Wildman–Crippen MR) is 62.6 cm³/mol. The first-order valence-electron chi connectivity index (χ1n) is 5.02. The van der Waals surface area contributed by atoms with E-state index in [1.165, 1.54) is 6.08 Å². The van der Waals surface area contributed by atoms with Crippen LogP contribution in [0.15, 0.2) is 47.5 Å². The van der Waals surface area contributed by atoms with Gasteiger partial charge in [-0.1, -0.05) is 36.4 Å². The van der Waals surface area contributed by atoms with Gasteiger partial charge in [0.2, 0.25) is 6.08 Å². The summed E-state index contributed by atoms with van der Waals surface area (Å²) in [7, 11) is 0. The van der Waals surface area contributed by atoms with E-state index in [1.54, 1.807) is 6.07 Å². The second kappa shape index (κ2) is 5.05. The summed E-state index contributed by atoms with van der Waals surface area (Å²) in [6.07, 6.45) is 1.19. The number of isocyanates is 1. The Bertz CT molecular complexity index is 595. The molecule has 1 amide bonds. The molecular formula is C13H9NO3. The van der Waals surface area contributed by atoms with Crippen LogP contribution in [0.2, 0.25) is 0 Å². The van der Waals surface area contributed by atoms with Crippen LogP contribution >= 0.6 is 0 Å². The van der Waals surface area contributed by atoms with Crippen LogP contribution in [0.5, 0.6) is 5.75 Å². The van der Waals surface area contributed by atoms with Crippen LogP contribution in [0.4, 0.5) is 0 Å². The molecule has 84 valence electrons. The second-order valence-corrected chi connectivity index (χ2v) is 3.36. The van der Waals surface area contributed by atoms with Crippen molar-refractivity contribution in [3.05, 3.63) is 42.5 Å². The van der Waals surface area contributed by atoms with Crippen molar-refractivity contribution in [1.82, 2.24) is 0 Å². The highest BCUT2D eigenvalue weighted by Crippen LogP contribution is 2.24. The highest BCUT2D eigenvalue weighted by molar-refractivity contribution is 5.89. The molecular weight excluding hydrogens is 218 g/mol. The number of carbonyl (C=O) groups excluding carboxylic acids is 2. The summed E-state index contributed by atoms with van der Waals surface area (Å²) >= 11 is 0. The average molecular weight is 227 g/mol. The molecule has 0 fully saturated rings. The largest absolute Gasteiger partial charge is 0.483 e. The molecule has 2 rings (SSSR count). The Balaban J connectivity index is 2.24. The van der Waals surface area contributed by atoms with Crippen molar-refractivity contribution >= 4 is 22.8 Å². The fourth-order valence-corrected chi connectivity index (χ4v) is 1.54. The van der Waals surface area contributed by atoms with Crippen LogP contribution in [-0.2, 0) is 9.59 Å². The van der Waals surface area contributed by atoms with E-state index in [-0.39, 0.29) is 6.61 Å². The van der Waals surface area contributed by atoms with Gasteiger partial charge in [0.1, 0.15) is 5.75 Å². The Morgan fingerprint density at radius 2 is 1.94 bits per heavy atom. The molecule has 0 N–H and O–H groups in total. The summed E-state index contributed by atoms with van der Waals surface area (Å²) in [5.41, 5.74) is 0. The van der Waals surface area contributed by atoms with E-state index < -0.39 is 5.91 Å². The van der Waals surface area contributed by atoms with Crippen molar-refractivity contribution in [1.29, 1.82) is 0 Å². The second-order valence-electron chi connectivity index (χ2n) is 3.36. The number of rotatable bonds is 3. The van der Waals surface area contributed by atoms with Crippen LogP contribution in [-0.4, -0.2) is 18.6 Å². The summed E-state index contributed by atoms with van der Waals surface area (Å²) in [4.78, 5) is 23.8. The van der Waals surface area contributed by atoms with Gasteiger partial charge in [-0.3, -0.25) is 4.79 Å². The topological polar surface area (TPSA) is 55.7 Å². The summed E-state index contributed by atoms with van der Waals surface area (Å²) in [6.45, 7) is -0.261. The minimum absolute atomic E-state index is 0.261. The molecule has 0 spiro atoms. The SMILES string of the molecule is O=C=NC(=O)COc1cccc2ccccc12. The van der Waals surface area contributed by atoms with Crippen molar-refractivity contribution in [3.63, 3.8) is 0 Å². The number of hydrogen-bond acceptors (Lipinski definition) is 3. The number of hydrogen-bond donors (Lipinski definition) is 0. The lowest BCUT2D eigenvalue weighted by Crippen LogP contribution is -2.08. The van der Waals surface area contributed by atoms with E-state index in [0.717, 1.165) is 10.8 Å². The lowest BCUT2D eigenvalue weighted by atomic mass is 10.1. The fraction of sp³-hybridized carbons (Fsp3) is 0.0769. The van der Waals surface area contributed by atoms with Crippen molar-refractivity contribution in [2.75, 3.05) is 6.61 Å². The normalized spacial score (nSPS) is 9.65. The van der Waals surface area contributed by atoms with Gasteiger partial charge in [0.15, 0.2) is 6.61 Å². The zero-order chi connectivity index (χ0) is 12.1. The quantitative estimate of drug-likeness (QED) is 0.595. The monoisotopic (exact) mass is 227 g/mol. The van der Waals surface area contributed by atoms with Gasteiger partial charge in [-0.2, -0.15) is 0 Å². The standard InChI is InChI=1S/C13H9NO3/c15-9-14-13(16)8-17-12-7-3-5-10-4-1-2-6-11(10)12/h1-7H,8H2. The smallest absolute Gasteiger partial charge is 0.294 e. The summed E-state index contributed by atoms with van der Waals surface area (Å²) in [5.74, 6) is -0.0505. The third-order valence-corrected chi connectivity index (χ3v) is 2.27. The number of ether oxygens (including phenoxy) is 1. The van der Waals surface area contributed by atoms with Gasteiger partial charge in [-0.25, -0.2) is 4.79 Å². The average Bonchev–Trinajstić information content (AvgIpc) is 2.36. The Hall–Kier alpha value is -2.45. The molecule has 0 saturated heterocycles. The maximum absolute atomic E-state index is 11.0. The van der Waals surface area contributed by atoms with E-state index in [0.29, 0.717) is 5.75 Å². The van der Waals surface area contributed by atoms with Crippen molar-refractivity contribution < 1.29 is 14.3 Å². The third kappa shape index (κ3) is 2.56. The molecule has 4 nitrogen and oxygen atoms in total. The molecule has 2 aromatic carbocycles. The van der Waals surface area contributed by atoms with E-state index in [4.69, 9.17) is 4.74 Å². The Labute approximate surface area is 97.5 Å². The molecule has 17 heavy (non-hydrogen) atoms. The minimum Gasteiger partial charge on any atom is -0.483 e. The molecule has 0 unspecified atom stereocenters. The maximum Gasteiger partial charge on any atom is 0.294 e. The molecule has 4 heteroatoms. The number of nitrogens with zero attached hydrogens (tertiary/aromatic N) is 1. The van der Waals surface area contributed by atoms with Crippen LogP contribution in [0, 0.1) is 0 Å². The van der Waals surface area contributed by atoms with E-state index in [2.05, 4.69) is 4.99 Å². The third-order valence-electron chi connectivity index (χ3n) is 2.27. The maximum atomic E-state index is 11.0. The number of carbonyl (C=O) groups is 1. The number of benzene rings is 2. The van der Waals surface area contributed by atoms with Gasteiger partial charge in [0, 0.05) is 5.39 Å². The summed E-state index contributed by atoms with van der Waals surface area (Å²) in [6, 6.07) is 13.2. The molecule has 0 atom stereocenters.